The molecular formula is C15H32N2O. The zero-order valence-corrected chi connectivity index (χ0v) is 12.7. The molecule has 1 heterocycles. The number of likely N-dealkylation sites (N-methyl/N-ethyl adjacent to an activating group) is 2. The summed E-state index contributed by atoms with van der Waals surface area (Å²) in [5.74, 6) is 0.795. The normalized spacial score (nSPS) is 25.8. The Kier molecular flexibility index (Phi) is 7.87. The first-order chi connectivity index (χ1) is 8.69. The van der Waals surface area contributed by atoms with Crippen molar-refractivity contribution in [1.29, 1.82) is 0 Å². The molecule has 108 valence electrons. The maximum atomic E-state index is 6.11. The molecule has 1 aliphatic heterocycles. The Balaban J connectivity index is 2.24. The van der Waals surface area contributed by atoms with E-state index >= 15 is 0 Å². The second-order valence-corrected chi connectivity index (χ2v) is 5.63. The van der Waals surface area contributed by atoms with Gasteiger partial charge in [-0.15, -0.1) is 0 Å². The Labute approximate surface area is 113 Å². The van der Waals surface area contributed by atoms with E-state index in [4.69, 9.17) is 4.74 Å². The molecule has 1 saturated heterocycles. The average Bonchev–Trinajstić information content (AvgIpc) is 2.82. The summed E-state index contributed by atoms with van der Waals surface area (Å²) < 4.78 is 6.11. The Morgan fingerprint density at radius 3 is 2.56 bits per heavy atom. The van der Waals surface area contributed by atoms with Crippen LogP contribution in [0.25, 0.3) is 0 Å². The van der Waals surface area contributed by atoms with Crippen molar-refractivity contribution in [3.8, 4) is 0 Å². The van der Waals surface area contributed by atoms with E-state index in [1.807, 2.05) is 0 Å². The van der Waals surface area contributed by atoms with Crippen molar-refractivity contribution in [3.63, 3.8) is 0 Å². The highest BCUT2D eigenvalue weighted by molar-refractivity contribution is 4.78. The molecule has 18 heavy (non-hydrogen) atoms. The van der Waals surface area contributed by atoms with Gasteiger partial charge in [0.25, 0.3) is 0 Å². The van der Waals surface area contributed by atoms with Crippen LogP contribution < -0.4 is 5.32 Å². The summed E-state index contributed by atoms with van der Waals surface area (Å²) in [7, 11) is 0. The molecule has 0 aromatic carbocycles. The highest BCUT2D eigenvalue weighted by Crippen LogP contribution is 2.20. The molecule has 3 nitrogen and oxygen atoms in total. The third-order valence-electron chi connectivity index (χ3n) is 3.99. The van der Waals surface area contributed by atoms with Gasteiger partial charge in [-0.2, -0.15) is 0 Å². The maximum absolute atomic E-state index is 6.11. The molecule has 0 aromatic heterocycles. The molecule has 1 aliphatic rings. The van der Waals surface area contributed by atoms with Crippen LogP contribution in [0.15, 0.2) is 0 Å². The predicted octanol–water partition coefficient (Wildman–Crippen LogP) is 2.51. The van der Waals surface area contributed by atoms with Crippen molar-refractivity contribution in [2.75, 3.05) is 32.7 Å². The zero-order valence-electron chi connectivity index (χ0n) is 12.7. The lowest BCUT2D eigenvalue weighted by molar-refractivity contribution is 0.0221. The summed E-state index contributed by atoms with van der Waals surface area (Å²) in [5, 5.41) is 3.38. The number of hydrogen-bond acceptors (Lipinski definition) is 3. The topological polar surface area (TPSA) is 24.5 Å². The first-order valence-electron chi connectivity index (χ1n) is 7.78. The summed E-state index contributed by atoms with van der Waals surface area (Å²) >= 11 is 0. The second-order valence-electron chi connectivity index (χ2n) is 5.63. The SMILES string of the molecule is CCNCC1CCC(CN(CC)CC(C)CC)O1. The number of rotatable bonds is 9. The van der Waals surface area contributed by atoms with Gasteiger partial charge in [-0.05, 0) is 31.8 Å². The van der Waals surface area contributed by atoms with Crippen LogP contribution in [0.1, 0.15) is 47.0 Å². The number of hydrogen-bond donors (Lipinski definition) is 1. The number of nitrogens with zero attached hydrogens (tertiary/aromatic N) is 1. The molecular weight excluding hydrogens is 224 g/mol. The van der Waals surface area contributed by atoms with Crippen LogP contribution in [0.2, 0.25) is 0 Å². The van der Waals surface area contributed by atoms with Crippen molar-refractivity contribution < 1.29 is 4.74 Å². The summed E-state index contributed by atoms with van der Waals surface area (Å²) in [6, 6.07) is 0. The molecule has 0 saturated carbocycles. The van der Waals surface area contributed by atoms with E-state index in [1.54, 1.807) is 0 Å². The van der Waals surface area contributed by atoms with Crippen LogP contribution in [0.3, 0.4) is 0 Å². The molecule has 3 unspecified atom stereocenters. The van der Waals surface area contributed by atoms with Crippen molar-refractivity contribution in [2.45, 2.75) is 59.2 Å². The minimum Gasteiger partial charge on any atom is -0.372 e. The third-order valence-corrected chi connectivity index (χ3v) is 3.99. The average molecular weight is 256 g/mol. The molecule has 0 bridgehead atoms. The van der Waals surface area contributed by atoms with E-state index < -0.39 is 0 Å². The summed E-state index contributed by atoms with van der Waals surface area (Å²) in [5.41, 5.74) is 0. The number of nitrogens with one attached hydrogen (secondary N) is 1. The lowest BCUT2D eigenvalue weighted by atomic mass is 10.1. The summed E-state index contributed by atoms with van der Waals surface area (Å²) in [6.45, 7) is 14.5. The maximum Gasteiger partial charge on any atom is 0.0707 e. The minimum atomic E-state index is 0.442. The van der Waals surface area contributed by atoms with Crippen LogP contribution in [0.5, 0.6) is 0 Å². The molecule has 0 spiro atoms. The Morgan fingerprint density at radius 1 is 1.22 bits per heavy atom. The van der Waals surface area contributed by atoms with Gasteiger partial charge in [0, 0.05) is 19.6 Å². The predicted molar refractivity (Wildman–Crippen MR) is 78.0 cm³/mol. The van der Waals surface area contributed by atoms with Crippen LogP contribution in [0, 0.1) is 5.92 Å². The van der Waals surface area contributed by atoms with Crippen LogP contribution in [-0.4, -0.2) is 49.8 Å². The van der Waals surface area contributed by atoms with Crippen molar-refractivity contribution in [3.05, 3.63) is 0 Å². The quantitative estimate of drug-likeness (QED) is 0.686. The van der Waals surface area contributed by atoms with E-state index in [0.717, 1.165) is 32.1 Å². The zero-order chi connectivity index (χ0) is 13.4. The molecule has 3 heteroatoms. The van der Waals surface area contributed by atoms with Gasteiger partial charge in [-0.1, -0.05) is 34.1 Å². The van der Waals surface area contributed by atoms with E-state index in [2.05, 4.69) is 37.9 Å². The lowest BCUT2D eigenvalue weighted by Crippen LogP contribution is -2.36. The van der Waals surface area contributed by atoms with Crippen LogP contribution in [0.4, 0.5) is 0 Å². The summed E-state index contributed by atoms with van der Waals surface area (Å²) in [6.07, 6.45) is 4.62. The van der Waals surface area contributed by atoms with Gasteiger partial charge in [-0.25, -0.2) is 0 Å². The van der Waals surface area contributed by atoms with Gasteiger partial charge in [0.1, 0.15) is 0 Å². The van der Waals surface area contributed by atoms with E-state index in [9.17, 15) is 0 Å². The molecule has 0 aromatic rings. The van der Waals surface area contributed by atoms with Crippen molar-refractivity contribution in [1.82, 2.24) is 10.2 Å². The second kappa shape index (κ2) is 8.89. The van der Waals surface area contributed by atoms with Crippen LogP contribution in [-0.2, 0) is 4.74 Å². The Morgan fingerprint density at radius 2 is 1.94 bits per heavy atom. The molecule has 1 rings (SSSR count). The smallest absolute Gasteiger partial charge is 0.0707 e. The first kappa shape index (κ1) is 15.9. The molecule has 1 fully saturated rings. The highest BCUT2D eigenvalue weighted by atomic mass is 16.5. The fourth-order valence-corrected chi connectivity index (χ4v) is 2.56. The third kappa shape index (κ3) is 5.68. The molecule has 0 amide bonds. The highest BCUT2D eigenvalue weighted by Gasteiger charge is 2.26. The molecule has 0 aliphatic carbocycles. The molecule has 3 atom stereocenters. The fourth-order valence-electron chi connectivity index (χ4n) is 2.56. The van der Waals surface area contributed by atoms with Crippen LogP contribution >= 0.6 is 0 Å². The monoisotopic (exact) mass is 256 g/mol. The Bertz CT molecular complexity index is 211. The largest absolute Gasteiger partial charge is 0.372 e. The van der Waals surface area contributed by atoms with Crippen molar-refractivity contribution in [2.24, 2.45) is 5.92 Å². The van der Waals surface area contributed by atoms with Gasteiger partial charge < -0.3 is 15.0 Å². The summed E-state index contributed by atoms with van der Waals surface area (Å²) in [4.78, 5) is 2.55. The van der Waals surface area contributed by atoms with Gasteiger partial charge in [-0.3, -0.25) is 0 Å². The number of ether oxygens (including phenoxy) is 1. The van der Waals surface area contributed by atoms with E-state index in [0.29, 0.717) is 12.2 Å². The lowest BCUT2D eigenvalue weighted by Gasteiger charge is -2.26. The standard InChI is InChI=1S/C15H32N2O/c1-5-13(4)11-17(7-3)12-15-9-8-14(18-15)10-16-6-2/h13-16H,5-12H2,1-4H3. The molecule has 0 radical (unpaired) electrons. The van der Waals surface area contributed by atoms with Gasteiger partial charge >= 0.3 is 0 Å². The van der Waals surface area contributed by atoms with E-state index in [-0.39, 0.29) is 0 Å². The Hall–Kier alpha value is -0.120. The van der Waals surface area contributed by atoms with Gasteiger partial charge in [0.05, 0.1) is 12.2 Å². The van der Waals surface area contributed by atoms with Gasteiger partial charge in [0.2, 0.25) is 0 Å². The van der Waals surface area contributed by atoms with Gasteiger partial charge in [0.15, 0.2) is 0 Å². The minimum absolute atomic E-state index is 0.442. The first-order valence-corrected chi connectivity index (χ1v) is 7.78. The van der Waals surface area contributed by atoms with Crippen molar-refractivity contribution >= 4 is 0 Å². The fraction of sp³-hybridized carbons (Fsp3) is 1.00. The molecule has 1 N–H and O–H groups in total. The van der Waals surface area contributed by atoms with E-state index in [1.165, 1.54) is 25.8 Å².